The van der Waals surface area contributed by atoms with Crippen LogP contribution in [0.15, 0.2) is 121 Å². The number of nitrogens with two attached hydrogens (primary N) is 2. The van der Waals surface area contributed by atoms with E-state index in [1.807, 2.05) is 0 Å². The quantitative estimate of drug-likeness (QED) is 0.0400. The Balaban J connectivity index is 0.908. The lowest BCUT2D eigenvalue weighted by atomic mass is 9.89. The first-order valence-corrected chi connectivity index (χ1v) is 46.4. The Hall–Kier alpha value is -12.1. The van der Waals surface area contributed by atoms with Crippen molar-refractivity contribution in [3.05, 3.63) is 166 Å². The van der Waals surface area contributed by atoms with Crippen LogP contribution >= 0.6 is 0 Å². The number of ether oxygens (including phenoxy) is 16. The summed E-state index contributed by atoms with van der Waals surface area (Å²) >= 11 is 0. The predicted octanol–water partition coefficient (Wildman–Crippen LogP) is -6.50. The molecule has 0 radical (unpaired) electrons. The minimum atomic E-state index is -2.60. The van der Waals surface area contributed by atoms with E-state index in [2.05, 4.69) is 31.9 Å². The molecule has 0 aromatic heterocycles. The first kappa shape index (κ1) is 106. The summed E-state index contributed by atoms with van der Waals surface area (Å²) in [6.07, 6.45) is -58.6. The number of aromatic hydroxyl groups is 4. The zero-order chi connectivity index (χ0) is 105. The largest absolute Gasteiger partial charge is 0.508 e. The van der Waals surface area contributed by atoms with Crippen LogP contribution in [0.5, 0.6) is 69.0 Å². The van der Waals surface area contributed by atoms with Gasteiger partial charge in [0.15, 0.2) is 60.3 Å². The molecule has 0 spiro atoms. The van der Waals surface area contributed by atoms with Crippen molar-refractivity contribution in [3.8, 4) is 80.1 Å². The molecule has 147 heavy (non-hydrogen) atoms. The number of methoxy groups -OCH3 is 1. The van der Waals surface area contributed by atoms with Crippen LogP contribution in [-0.4, -0.2) is 366 Å². The summed E-state index contributed by atoms with van der Waals surface area (Å²) in [5.74, 6) is -17.8. The van der Waals surface area contributed by atoms with Crippen molar-refractivity contribution in [2.75, 3.05) is 33.5 Å². The fraction of sp³-hybridized carbons (Fsp3) is 0.484. The second-order valence-corrected chi connectivity index (χ2v) is 36.9. The maximum atomic E-state index is 17.3. The van der Waals surface area contributed by atoms with Crippen LogP contribution in [-0.2, 0) is 85.7 Å². The molecule has 52 nitrogen and oxygen atoms in total. The molecule has 31 N–H and O–H groups in total. The molecule has 52 heteroatoms. The minimum Gasteiger partial charge on any atom is -0.508 e. The average Bonchev–Trinajstić information content (AvgIpc) is 0.742. The highest BCUT2D eigenvalue weighted by Gasteiger charge is 2.57. The molecule has 12 heterocycles. The number of phenolic OH excluding ortho intramolecular Hbond substituents is 4. The van der Waals surface area contributed by atoms with Gasteiger partial charge in [0, 0.05) is 40.8 Å². The van der Waals surface area contributed by atoms with Gasteiger partial charge in [-0.2, -0.15) is 0 Å². The number of phenols is 4. The van der Waals surface area contributed by atoms with Gasteiger partial charge in [-0.3, -0.25) is 28.8 Å². The Labute approximate surface area is 831 Å². The number of hydrogen-bond acceptors (Lipinski definition) is 46. The molecule has 12 aliphatic rings. The lowest BCUT2D eigenvalue weighted by molar-refractivity contribution is -0.385. The third-order valence-corrected chi connectivity index (χ3v) is 27.1. The molecule has 6 amide bonds. The van der Waals surface area contributed by atoms with Crippen molar-refractivity contribution in [2.45, 2.75) is 254 Å². The zero-order valence-corrected chi connectivity index (χ0v) is 77.9. The summed E-state index contributed by atoms with van der Waals surface area (Å²) in [5.41, 5.74) is 9.22. The molecule has 0 aliphatic carbocycles. The number of nitrogens with one attached hydrogen (secondary N) is 6. The number of rotatable bonds is 16. The normalized spacial score (nSPS) is 36.2. The molecular weight excluding hydrogens is 1960 g/mol. The molecule has 37 atom stereocenters. The summed E-state index contributed by atoms with van der Waals surface area (Å²) in [5, 5.41) is 257. The maximum Gasteiger partial charge on any atom is 0.333 e. The highest BCUT2D eigenvalue weighted by molar-refractivity contribution is 6.00. The van der Waals surface area contributed by atoms with Crippen molar-refractivity contribution < 1.29 is 217 Å². The van der Waals surface area contributed by atoms with Crippen molar-refractivity contribution in [1.82, 2.24) is 31.9 Å². The highest BCUT2D eigenvalue weighted by atomic mass is 16.8. The van der Waals surface area contributed by atoms with Gasteiger partial charge in [-0.15, -0.1) is 0 Å². The fourth-order valence-electron chi connectivity index (χ4n) is 18.6. The van der Waals surface area contributed by atoms with Gasteiger partial charge in [-0.05, 0) is 133 Å². The average molecular weight is 2070 g/mol. The summed E-state index contributed by atoms with van der Waals surface area (Å²) < 4.78 is 99.8. The number of benzene rings is 7. The van der Waals surface area contributed by atoms with Gasteiger partial charge in [-0.1, -0.05) is 36.4 Å². The molecule has 19 rings (SSSR count). The smallest absolute Gasteiger partial charge is 0.333 e. The summed E-state index contributed by atoms with van der Waals surface area (Å²) in [6.45, 7) is 0.141. The van der Waals surface area contributed by atoms with Gasteiger partial charge in [0.05, 0.1) is 51.8 Å². The number of esters is 1. The molecule has 6 saturated heterocycles. The lowest BCUT2D eigenvalue weighted by Crippen LogP contribution is -2.67. The first-order chi connectivity index (χ1) is 70.0. The van der Waals surface area contributed by atoms with Crippen molar-refractivity contribution >= 4 is 41.4 Å². The van der Waals surface area contributed by atoms with Crippen LogP contribution in [0.25, 0.3) is 11.1 Å². The van der Waals surface area contributed by atoms with E-state index in [9.17, 15) is 117 Å². The number of aliphatic hydroxyl groups excluding tert-OH is 17. The number of carbonyl (C=O) groups is 7. The summed E-state index contributed by atoms with van der Waals surface area (Å²) in [6, 6.07) is 4.22. The van der Waals surface area contributed by atoms with Gasteiger partial charge in [-0.25, -0.2) is 4.79 Å². The third-order valence-electron chi connectivity index (χ3n) is 27.1. The van der Waals surface area contributed by atoms with Crippen LogP contribution in [0.2, 0.25) is 0 Å². The highest BCUT2D eigenvalue weighted by Crippen LogP contribution is 2.51. The van der Waals surface area contributed by atoms with Crippen LogP contribution < -0.4 is 67.1 Å². The van der Waals surface area contributed by atoms with Gasteiger partial charge in [0.2, 0.25) is 53.8 Å². The van der Waals surface area contributed by atoms with E-state index in [4.69, 9.17) is 87.3 Å². The van der Waals surface area contributed by atoms with E-state index >= 15 is 24.0 Å². The van der Waals surface area contributed by atoms with Gasteiger partial charge < -0.3 is 226 Å². The number of fused-ring (bicyclic) bond motifs is 14. The molecule has 794 valence electrons. The number of carbonyl (C=O) groups excluding carboxylic acids is 7. The maximum absolute atomic E-state index is 17.3. The Morgan fingerprint density at radius 2 is 0.946 bits per heavy atom. The molecule has 2 unspecified atom stereocenters. The first-order valence-electron chi connectivity index (χ1n) is 46.4. The summed E-state index contributed by atoms with van der Waals surface area (Å²) in [4.78, 5) is 113. The predicted molar refractivity (Wildman–Crippen MR) is 483 cm³/mol. The SMILES string of the molecule is COC(=O)C1NC(=O)[C@H]2NC(=O)[C@H](NC(=O)[C@@H]3NC(=O)[C@H]4NC(=O)[C@H](NC(=O)[C@H](N)c5ccc(O)c(c5)Oc5cc4cc(O)c5C)[C@H](O)c4ccc(cc4)Oc4cc3cc(c4O[C@@H]3O[C@H](CO[C@@H]4O[C@@H](C)[C@H](O)[C@@H](O)[C@H]4O)[C@@H](O)[C@H](O)[C@H]3OC3O[C@H](CO)[C@@H](O)[C@H](O)[C@@H]3O[C@@H]3OC[C@@H](O)[C@@H](O)[C@@H]3O)Oc3ccc(cc3)[C@H]2O[C@H]2C[C@@H](N)[C@@H](O)[C@H](C)O2)c2ccc(O)c(c2)-c2c(O[C@@H]3O[C@H](CO)[C@@H](O)[C@H](O)[C@@H]3O)cc(O)cc21. The third kappa shape index (κ3) is 21.4. The van der Waals surface area contributed by atoms with Gasteiger partial charge in [0.1, 0.15) is 192 Å². The number of hydrogen-bond donors (Lipinski definition) is 29. The second-order valence-electron chi connectivity index (χ2n) is 36.9. The monoisotopic (exact) mass is 2070 g/mol. The molecule has 7 aromatic carbocycles. The molecule has 6 fully saturated rings. The second kappa shape index (κ2) is 43.6. The van der Waals surface area contributed by atoms with Crippen LogP contribution in [0.3, 0.4) is 0 Å². The van der Waals surface area contributed by atoms with Crippen LogP contribution in [0.1, 0.15) is 107 Å². The standard InChI is InChI=1S/C95H110N8O44/c1-30-47(109)18-37-20-49(30)139-50-19-35(9-16-46(50)108)59(97)84(125)102-64-68(113)33-5-11-40(12-6-33)137-52-21-38-22-53(81(52)145-95-83(76(121)72(117)56(143-95)29-134-91-78(123)73(118)67(112)32(3)136-91)147-94-82(75(120)71(116)55(27-105)142-94)146-92-77(122)69(114)48(110)28-133-92)138-41-13-7-34(8-14-41)80(144-57-25-44(96)66(111)31(2)135-57)65-89(130)101-63(90(131)132-4)43-23-39(106)24-51(140-93-79(124)74(119)70(115)54(26-104)141-93)58(43)42-17-36(10-15-45(42)107)60(85(126)103-65)98-87(128)62(38)99-86(127)61(37)100-88(64)129/h5-24,31-32,44,48,54-57,59-80,82-83,91-95,104-124H,25-29,96-97H2,1-4H3,(H,98,128)(H,99,127)(H,100,129)(H,101,130)(H,102,125)(H,103,126)/t31-,32-,44+,48+,54+,55+,56+,57-,59+,60+,61-,62+,63?,64+,65-,66-,67-,68+,69+,70+,71+,72+,73+,74-,75-,76-,77-,78+,79-,80+,82-,83+,91+,92-,93+,94?,95-/m0/s1. The minimum absolute atomic E-state index is 0.0673. The zero-order valence-electron chi connectivity index (χ0n) is 77.9. The van der Waals surface area contributed by atoms with Crippen LogP contribution in [0, 0.1) is 6.92 Å². The van der Waals surface area contributed by atoms with Crippen molar-refractivity contribution in [3.63, 3.8) is 0 Å². The van der Waals surface area contributed by atoms with Crippen molar-refractivity contribution in [1.29, 1.82) is 0 Å². The fourth-order valence-corrected chi connectivity index (χ4v) is 18.6. The molecule has 7 aromatic rings. The van der Waals surface area contributed by atoms with E-state index in [0.29, 0.717) is 0 Å². The molecular formula is C95H110N8O44. The van der Waals surface area contributed by atoms with E-state index in [-0.39, 0.29) is 39.5 Å². The van der Waals surface area contributed by atoms with E-state index in [0.717, 1.165) is 98.1 Å². The van der Waals surface area contributed by atoms with Gasteiger partial charge >= 0.3 is 5.97 Å². The Bertz CT molecular complexity index is 6010. The van der Waals surface area contributed by atoms with Crippen molar-refractivity contribution in [2.24, 2.45) is 11.5 Å². The summed E-state index contributed by atoms with van der Waals surface area (Å²) in [7, 11) is 0.873. The van der Waals surface area contributed by atoms with Gasteiger partial charge in [0.25, 0.3) is 0 Å². The Morgan fingerprint density at radius 3 is 1.59 bits per heavy atom. The topological polar surface area (TPSA) is 816 Å². The van der Waals surface area contributed by atoms with Crippen LogP contribution in [0.4, 0.5) is 0 Å². The molecule has 12 aliphatic heterocycles. The van der Waals surface area contributed by atoms with E-state index < -0.39 is 386 Å². The Morgan fingerprint density at radius 1 is 0.429 bits per heavy atom. The number of aliphatic hydroxyl groups is 17. The molecule has 0 saturated carbocycles. The molecule has 17 bridgehead atoms. The van der Waals surface area contributed by atoms with E-state index in [1.54, 1.807) is 0 Å². The van der Waals surface area contributed by atoms with E-state index in [1.165, 1.54) is 51.1 Å². The Kier molecular flexibility index (Phi) is 31.5. The lowest BCUT2D eigenvalue weighted by Gasteiger charge is -2.48. The number of amides is 6.